The predicted molar refractivity (Wildman–Crippen MR) is 98.4 cm³/mol. The van der Waals surface area contributed by atoms with E-state index in [1.165, 1.54) is 11.1 Å². The SMILES string of the molecule is C#CCC[C@]1(C)CCC(=O)C(C)=C1CCCOCc1ccccc1. The molecule has 0 saturated heterocycles. The van der Waals surface area contributed by atoms with Gasteiger partial charge in [-0.1, -0.05) is 42.8 Å². The summed E-state index contributed by atoms with van der Waals surface area (Å²) in [5, 5.41) is 0. The first-order valence-corrected chi connectivity index (χ1v) is 8.85. The van der Waals surface area contributed by atoms with Gasteiger partial charge >= 0.3 is 0 Å². The number of hydrogen-bond acceptors (Lipinski definition) is 2. The minimum absolute atomic E-state index is 0.0732. The van der Waals surface area contributed by atoms with Crippen molar-refractivity contribution < 1.29 is 9.53 Å². The number of ketones is 1. The molecule has 1 aromatic carbocycles. The molecule has 24 heavy (non-hydrogen) atoms. The van der Waals surface area contributed by atoms with E-state index >= 15 is 0 Å². The van der Waals surface area contributed by atoms with E-state index in [1.807, 2.05) is 25.1 Å². The lowest BCUT2D eigenvalue weighted by atomic mass is 9.67. The molecule has 0 unspecified atom stereocenters. The van der Waals surface area contributed by atoms with Crippen molar-refractivity contribution in [1.29, 1.82) is 0 Å². The van der Waals surface area contributed by atoms with Gasteiger partial charge in [0, 0.05) is 19.4 Å². The largest absolute Gasteiger partial charge is 0.377 e. The highest BCUT2D eigenvalue weighted by Crippen LogP contribution is 2.44. The number of carbonyl (C=O) groups is 1. The average Bonchev–Trinajstić information content (AvgIpc) is 2.60. The zero-order chi connectivity index (χ0) is 17.4. The van der Waals surface area contributed by atoms with Gasteiger partial charge in [0.15, 0.2) is 5.78 Å². The second-order valence-electron chi connectivity index (χ2n) is 6.93. The fraction of sp³-hybridized carbons (Fsp3) is 0.500. The summed E-state index contributed by atoms with van der Waals surface area (Å²) in [4.78, 5) is 12.1. The molecular formula is C22H28O2. The molecule has 0 saturated carbocycles. The van der Waals surface area contributed by atoms with Gasteiger partial charge in [0.25, 0.3) is 0 Å². The fourth-order valence-electron chi connectivity index (χ4n) is 3.58. The van der Waals surface area contributed by atoms with Crippen molar-refractivity contribution in [3.8, 4) is 12.3 Å². The first kappa shape index (κ1) is 18.5. The zero-order valence-electron chi connectivity index (χ0n) is 14.9. The Kier molecular flexibility index (Phi) is 6.82. The van der Waals surface area contributed by atoms with Gasteiger partial charge in [0.2, 0.25) is 0 Å². The van der Waals surface area contributed by atoms with E-state index in [0.717, 1.165) is 37.7 Å². The monoisotopic (exact) mass is 324 g/mol. The molecule has 128 valence electrons. The van der Waals surface area contributed by atoms with Crippen molar-refractivity contribution in [3.63, 3.8) is 0 Å². The molecule has 0 aromatic heterocycles. The molecule has 0 bridgehead atoms. The smallest absolute Gasteiger partial charge is 0.158 e. The van der Waals surface area contributed by atoms with Gasteiger partial charge in [-0.05, 0) is 49.2 Å². The molecular weight excluding hydrogens is 296 g/mol. The van der Waals surface area contributed by atoms with E-state index in [-0.39, 0.29) is 5.41 Å². The summed E-state index contributed by atoms with van der Waals surface area (Å²) in [7, 11) is 0. The highest BCUT2D eigenvalue weighted by molar-refractivity contribution is 5.96. The number of benzene rings is 1. The van der Waals surface area contributed by atoms with E-state index < -0.39 is 0 Å². The fourth-order valence-corrected chi connectivity index (χ4v) is 3.58. The number of allylic oxidation sites excluding steroid dienone is 2. The summed E-state index contributed by atoms with van der Waals surface area (Å²) in [6, 6.07) is 10.2. The third-order valence-electron chi connectivity index (χ3n) is 5.15. The molecule has 2 rings (SSSR count). The Hall–Kier alpha value is -1.85. The third-order valence-corrected chi connectivity index (χ3v) is 5.15. The second kappa shape index (κ2) is 8.85. The van der Waals surface area contributed by atoms with E-state index in [4.69, 9.17) is 11.2 Å². The van der Waals surface area contributed by atoms with Crippen LogP contribution < -0.4 is 0 Å². The van der Waals surface area contributed by atoms with Crippen molar-refractivity contribution in [2.75, 3.05) is 6.61 Å². The van der Waals surface area contributed by atoms with Crippen molar-refractivity contribution in [2.24, 2.45) is 5.41 Å². The van der Waals surface area contributed by atoms with Crippen molar-refractivity contribution >= 4 is 5.78 Å². The molecule has 0 amide bonds. The molecule has 0 fully saturated rings. The summed E-state index contributed by atoms with van der Waals surface area (Å²) < 4.78 is 5.78. The van der Waals surface area contributed by atoms with Gasteiger partial charge in [-0.2, -0.15) is 0 Å². The van der Waals surface area contributed by atoms with Crippen LogP contribution in [0.25, 0.3) is 0 Å². The van der Waals surface area contributed by atoms with Crippen LogP contribution >= 0.6 is 0 Å². The highest BCUT2D eigenvalue weighted by Gasteiger charge is 2.35. The minimum atomic E-state index is 0.0732. The lowest BCUT2D eigenvalue weighted by Crippen LogP contribution is -2.28. The number of terminal acetylenes is 1. The average molecular weight is 324 g/mol. The Bertz CT molecular complexity index is 621. The molecule has 0 N–H and O–H groups in total. The second-order valence-corrected chi connectivity index (χ2v) is 6.93. The Balaban J connectivity index is 1.88. The topological polar surface area (TPSA) is 26.3 Å². The zero-order valence-corrected chi connectivity index (χ0v) is 14.9. The third kappa shape index (κ3) is 4.82. The molecule has 2 heteroatoms. The Morgan fingerprint density at radius 1 is 1.29 bits per heavy atom. The molecule has 1 aromatic rings. The van der Waals surface area contributed by atoms with Crippen LogP contribution in [0.5, 0.6) is 0 Å². The van der Waals surface area contributed by atoms with Crippen molar-refractivity contribution in [1.82, 2.24) is 0 Å². The van der Waals surface area contributed by atoms with Gasteiger partial charge in [-0.25, -0.2) is 0 Å². The standard InChI is InChI=1S/C22H28O2/c1-4-5-14-22(3)15-13-21(23)18(2)20(22)12-9-16-24-17-19-10-7-6-8-11-19/h1,6-8,10-11H,5,9,12-17H2,2-3H3/t22-/m1/s1. The summed E-state index contributed by atoms with van der Waals surface area (Å²) in [5.74, 6) is 3.05. The van der Waals surface area contributed by atoms with E-state index in [9.17, 15) is 4.79 Å². The molecule has 0 aliphatic heterocycles. The van der Waals surface area contributed by atoms with Crippen LogP contribution in [0.1, 0.15) is 57.9 Å². The molecule has 1 atom stereocenters. The summed E-state index contributed by atoms with van der Waals surface area (Å²) >= 11 is 0. The summed E-state index contributed by atoms with van der Waals surface area (Å²) in [6.45, 7) is 5.60. The first-order chi connectivity index (χ1) is 11.6. The number of Topliss-reactive ketones (excluding diaryl/α,β-unsaturated/α-hetero) is 1. The number of hydrogen-bond donors (Lipinski definition) is 0. The molecule has 1 aliphatic rings. The molecule has 2 nitrogen and oxygen atoms in total. The quantitative estimate of drug-likeness (QED) is 0.492. The molecule has 0 heterocycles. The van der Waals surface area contributed by atoms with Gasteiger partial charge in [0.05, 0.1) is 6.61 Å². The highest BCUT2D eigenvalue weighted by atomic mass is 16.5. The summed E-state index contributed by atoms with van der Waals surface area (Å²) in [6.07, 6.45) is 10.6. The molecule has 1 aliphatic carbocycles. The van der Waals surface area contributed by atoms with Crippen LogP contribution in [0.4, 0.5) is 0 Å². The van der Waals surface area contributed by atoms with Crippen LogP contribution in [-0.2, 0) is 16.1 Å². The van der Waals surface area contributed by atoms with Crippen molar-refractivity contribution in [3.05, 3.63) is 47.0 Å². The summed E-state index contributed by atoms with van der Waals surface area (Å²) in [5.41, 5.74) is 3.53. The minimum Gasteiger partial charge on any atom is -0.377 e. The van der Waals surface area contributed by atoms with E-state index in [0.29, 0.717) is 25.4 Å². The normalized spacial score (nSPS) is 21.0. The van der Waals surface area contributed by atoms with E-state index in [2.05, 4.69) is 25.0 Å². The van der Waals surface area contributed by atoms with E-state index in [1.54, 1.807) is 0 Å². The number of rotatable bonds is 8. The van der Waals surface area contributed by atoms with Gasteiger partial charge in [-0.3, -0.25) is 4.79 Å². The number of carbonyl (C=O) groups excluding carboxylic acids is 1. The maximum Gasteiger partial charge on any atom is 0.158 e. The van der Waals surface area contributed by atoms with Gasteiger partial charge in [0.1, 0.15) is 0 Å². The van der Waals surface area contributed by atoms with Crippen LogP contribution in [0.3, 0.4) is 0 Å². The van der Waals surface area contributed by atoms with Crippen LogP contribution in [0.15, 0.2) is 41.5 Å². The van der Waals surface area contributed by atoms with Crippen LogP contribution in [0, 0.1) is 17.8 Å². The molecule has 0 radical (unpaired) electrons. The van der Waals surface area contributed by atoms with Crippen LogP contribution in [-0.4, -0.2) is 12.4 Å². The maximum absolute atomic E-state index is 12.1. The van der Waals surface area contributed by atoms with Crippen molar-refractivity contribution in [2.45, 2.75) is 59.0 Å². The Morgan fingerprint density at radius 2 is 2.04 bits per heavy atom. The predicted octanol–water partition coefficient (Wildman–Crippen LogP) is 5.08. The Labute approximate surface area is 146 Å². The maximum atomic E-state index is 12.1. The number of ether oxygens (including phenoxy) is 1. The Morgan fingerprint density at radius 3 is 2.75 bits per heavy atom. The lowest BCUT2D eigenvalue weighted by molar-refractivity contribution is -0.116. The van der Waals surface area contributed by atoms with Gasteiger partial charge in [-0.15, -0.1) is 12.3 Å². The van der Waals surface area contributed by atoms with Crippen LogP contribution in [0.2, 0.25) is 0 Å². The molecule has 0 spiro atoms. The first-order valence-electron chi connectivity index (χ1n) is 8.85. The lowest BCUT2D eigenvalue weighted by Gasteiger charge is -2.37. The van der Waals surface area contributed by atoms with Gasteiger partial charge < -0.3 is 4.74 Å².